The molecule has 0 aromatic carbocycles. The second-order valence-electron chi connectivity index (χ2n) is 2.85. The fourth-order valence-corrected chi connectivity index (χ4v) is 1.09. The number of methoxy groups -OCH3 is 1. The number of esters is 1. The summed E-state index contributed by atoms with van der Waals surface area (Å²) in [5.41, 5.74) is 0. The topological polar surface area (TPSA) is 26.3 Å². The molecule has 2 nitrogen and oxygen atoms in total. The second kappa shape index (κ2) is 3.92. The van der Waals surface area contributed by atoms with E-state index in [4.69, 9.17) is 8.22 Å². The molecule has 3 atom stereocenters. The first-order valence-corrected chi connectivity index (χ1v) is 3.91. The normalized spacial score (nSPS) is 64.1. The zero-order chi connectivity index (χ0) is 14.6. The third-order valence-electron chi connectivity index (χ3n) is 2.01. The first kappa shape index (κ1) is 4.12. The molecular weight excluding hydrogens is 152 g/mol. The molecule has 0 aromatic rings. The molecule has 0 aliphatic heterocycles. The molecule has 0 amide bonds. The number of rotatable bonds is 1. The van der Waals surface area contributed by atoms with E-state index in [-0.39, 0.29) is 0 Å². The van der Waals surface area contributed by atoms with Crippen LogP contribution in [-0.2, 0) is 9.53 Å². The Morgan fingerprint density at radius 2 is 2.25 bits per heavy atom. The molecule has 1 aliphatic carbocycles. The minimum atomic E-state index is -2.33. The lowest BCUT2D eigenvalue weighted by Gasteiger charge is -2.30. The van der Waals surface area contributed by atoms with E-state index in [2.05, 4.69) is 4.74 Å². The lowest BCUT2D eigenvalue weighted by atomic mass is 9.76. The minimum absolute atomic E-state index is 0.457. The summed E-state index contributed by atoms with van der Waals surface area (Å²) < 4.78 is 52.2. The van der Waals surface area contributed by atoms with Gasteiger partial charge in [0.15, 0.2) is 0 Å². The van der Waals surface area contributed by atoms with Gasteiger partial charge < -0.3 is 4.74 Å². The van der Waals surface area contributed by atoms with Crippen LogP contribution in [-0.4, -0.2) is 13.1 Å². The van der Waals surface area contributed by atoms with Gasteiger partial charge >= 0.3 is 5.97 Å². The van der Waals surface area contributed by atoms with Gasteiger partial charge in [-0.05, 0) is 31.0 Å². The second-order valence-corrected chi connectivity index (χ2v) is 2.85. The Morgan fingerprint density at radius 3 is 2.83 bits per heavy atom. The quantitative estimate of drug-likeness (QED) is 0.573. The van der Waals surface area contributed by atoms with E-state index < -0.39 is 42.8 Å². The molecule has 1 aliphatic rings. The summed E-state index contributed by atoms with van der Waals surface area (Å²) in [7, 11) is 1.10. The lowest BCUT2D eigenvalue weighted by Crippen LogP contribution is -2.27. The van der Waals surface area contributed by atoms with Crippen molar-refractivity contribution in [3.05, 3.63) is 0 Å². The van der Waals surface area contributed by atoms with Gasteiger partial charge in [-0.3, -0.25) is 4.79 Å². The van der Waals surface area contributed by atoms with Crippen molar-refractivity contribution in [2.75, 3.05) is 7.11 Å². The molecule has 0 saturated heterocycles. The molecule has 1 saturated carbocycles. The van der Waals surface area contributed by atoms with Crippen molar-refractivity contribution in [3.8, 4) is 0 Å². The van der Waals surface area contributed by atoms with Crippen molar-refractivity contribution in [1.82, 2.24) is 0 Å². The molecule has 0 spiro atoms. The number of carbonyl (C=O) groups excluding carboxylic acids is 1. The molecule has 0 heterocycles. The lowest BCUT2D eigenvalue weighted by molar-refractivity contribution is -0.147. The summed E-state index contributed by atoms with van der Waals surface area (Å²) in [4.78, 5) is 11.6. The maximum Gasteiger partial charge on any atom is 0.308 e. The molecule has 1 fully saturated rings. The average molecular weight is 176 g/mol. The highest BCUT2D eigenvalue weighted by atomic mass is 16.5. The number of ether oxygens (including phenoxy) is 1. The van der Waals surface area contributed by atoms with Crippen molar-refractivity contribution in [2.45, 2.75) is 33.0 Å². The van der Waals surface area contributed by atoms with Gasteiger partial charge in [0.2, 0.25) is 0 Å². The van der Waals surface area contributed by atoms with E-state index in [0.29, 0.717) is 0 Å². The fraction of sp³-hybridized carbons (Fsp3) is 0.900. The third kappa shape index (κ3) is 1.99. The van der Waals surface area contributed by atoms with Crippen molar-refractivity contribution < 1.29 is 17.8 Å². The van der Waals surface area contributed by atoms with E-state index in [1.54, 1.807) is 0 Å². The minimum Gasteiger partial charge on any atom is -0.469 e. The maximum atomic E-state index is 11.6. The van der Waals surface area contributed by atoms with E-state index in [9.17, 15) is 4.79 Å². The maximum absolute atomic E-state index is 11.6. The first-order valence-electron chi connectivity index (χ1n) is 6.91. The molecule has 12 heavy (non-hydrogen) atoms. The van der Waals surface area contributed by atoms with Crippen LogP contribution in [0.1, 0.15) is 41.2 Å². The Bertz CT molecular complexity index is 363. The number of hydrogen-bond donors (Lipinski definition) is 0. The molecule has 0 aromatic heterocycles. The standard InChI is InChI=1S/C10H18O2/c1-7-4-5-9(6-8(7)2)10(11)12-3/h7-9H,4-6H2,1-3H3/t7-,8-,9-/m1/s1/i4D2,6D2,7D,8D. The predicted molar refractivity (Wildman–Crippen MR) is 47.7 cm³/mol. The predicted octanol–water partition coefficient (Wildman–Crippen LogP) is 2.23. The summed E-state index contributed by atoms with van der Waals surface area (Å²) in [6, 6.07) is 0. The highest BCUT2D eigenvalue weighted by Gasteiger charge is 2.29. The molecule has 70 valence electrons. The van der Waals surface area contributed by atoms with Gasteiger partial charge in [0.25, 0.3) is 0 Å². The Balaban J connectivity index is 3.37. The van der Waals surface area contributed by atoms with Gasteiger partial charge in [0, 0.05) is 8.22 Å². The van der Waals surface area contributed by atoms with Gasteiger partial charge in [-0.2, -0.15) is 0 Å². The van der Waals surface area contributed by atoms with Crippen LogP contribution in [0.25, 0.3) is 0 Å². The zero-order valence-electron chi connectivity index (χ0n) is 13.6. The van der Waals surface area contributed by atoms with E-state index in [1.807, 2.05) is 0 Å². The molecule has 0 N–H and O–H groups in total. The number of hydrogen-bond acceptors (Lipinski definition) is 2. The van der Waals surface area contributed by atoms with Crippen LogP contribution in [0.3, 0.4) is 0 Å². The molecular formula is C10H18O2. The van der Waals surface area contributed by atoms with Crippen LogP contribution in [0.2, 0.25) is 0 Å². The summed E-state index contributed by atoms with van der Waals surface area (Å²) in [5, 5.41) is 0. The fourth-order valence-electron chi connectivity index (χ4n) is 1.09. The van der Waals surface area contributed by atoms with Crippen LogP contribution in [0.4, 0.5) is 0 Å². The van der Waals surface area contributed by atoms with Gasteiger partial charge in [0.05, 0.1) is 13.0 Å². The van der Waals surface area contributed by atoms with Crippen molar-refractivity contribution in [2.24, 2.45) is 17.7 Å². The van der Waals surface area contributed by atoms with E-state index in [0.717, 1.165) is 14.0 Å². The molecule has 1 rings (SSSR count). The number of carbonyl (C=O) groups is 1. The Hall–Kier alpha value is -0.530. The third-order valence-corrected chi connectivity index (χ3v) is 2.01. The summed E-state index contributed by atoms with van der Waals surface area (Å²) >= 11 is 0. The van der Waals surface area contributed by atoms with Crippen LogP contribution in [0, 0.1) is 17.7 Å². The summed E-state index contributed by atoms with van der Waals surface area (Å²) in [6.45, 7) is 2.36. The van der Waals surface area contributed by atoms with Gasteiger partial charge in [-0.15, -0.1) is 0 Å². The molecule has 0 unspecified atom stereocenters. The monoisotopic (exact) mass is 176 g/mol. The smallest absolute Gasteiger partial charge is 0.308 e. The first-order chi connectivity index (χ1) is 7.83. The summed E-state index contributed by atoms with van der Waals surface area (Å²) in [5.74, 6) is -6.29. The highest BCUT2D eigenvalue weighted by molar-refractivity contribution is 5.72. The summed E-state index contributed by atoms with van der Waals surface area (Å²) in [6.07, 6.45) is -4.93. The van der Waals surface area contributed by atoms with Crippen LogP contribution in [0.15, 0.2) is 0 Å². The van der Waals surface area contributed by atoms with Gasteiger partial charge in [0.1, 0.15) is 0 Å². The van der Waals surface area contributed by atoms with E-state index in [1.165, 1.54) is 6.92 Å². The Kier molecular flexibility index (Phi) is 1.35. The van der Waals surface area contributed by atoms with Crippen molar-refractivity contribution >= 4 is 5.97 Å². The van der Waals surface area contributed by atoms with Crippen LogP contribution < -0.4 is 0 Å². The Labute approximate surface area is 82.7 Å². The van der Waals surface area contributed by atoms with E-state index >= 15 is 0 Å². The zero-order valence-corrected chi connectivity index (χ0v) is 7.60. The average Bonchev–Trinajstić information content (AvgIpc) is 2.22. The Morgan fingerprint density at radius 1 is 1.58 bits per heavy atom. The van der Waals surface area contributed by atoms with Crippen molar-refractivity contribution in [1.29, 1.82) is 0 Å². The molecule has 0 bridgehead atoms. The van der Waals surface area contributed by atoms with Gasteiger partial charge in [-0.1, -0.05) is 13.8 Å². The van der Waals surface area contributed by atoms with Crippen LogP contribution >= 0.6 is 0 Å². The molecule has 2 heteroatoms. The largest absolute Gasteiger partial charge is 0.469 e. The van der Waals surface area contributed by atoms with Gasteiger partial charge in [-0.25, -0.2) is 0 Å². The highest BCUT2D eigenvalue weighted by Crippen LogP contribution is 2.33. The van der Waals surface area contributed by atoms with Crippen molar-refractivity contribution in [3.63, 3.8) is 0 Å². The molecule has 0 radical (unpaired) electrons. The SMILES string of the molecule is [2H]C1([2H])C[C@@H](C(=O)OC)C([2H])([2H])[C@@]([2H])(C)[C@]1([2H])C. The van der Waals surface area contributed by atoms with Crippen LogP contribution in [0.5, 0.6) is 0 Å².